The molecule has 1 rings (SSSR count). The lowest BCUT2D eigenvalue weighted by Gasteiger charge is -2.21. The number of rotatable bonds is 3. The number of hydrogen-bond acceptors (Lipinski definition) is 2. The highest BCUT2D eigenvalue weighted by Gasteiger charge is 2.30. The van der Waals surface area contributed by atoms with Crippen LogP contribution in [0.4, 0.5) is 4.39 Å². The number of benzene rings is 1. The van der Waals surface area contributed by atoms with Gasteiger partial charge in [-0.25, -0.2) is 9.18 Å². The van der Waals surface area contributed by atoms with Gasteiger partial charge in [0.25, 0.3) is 5.91 Å². The number of halogens is 2. The number of aryl methyl sites for hydroxylation is 1. The van der Waals surface area contributed by atoms with E-state index in [0.717, 1.165) is 6.07 Å². The first-order valence-corrected chi connectivity index (χ1v) is 5.54. The highest BCUT2D eigenvalue weighted by Crippen LogP contribution is 2.21. The van der Waals surface area contributed by atoms with Crippen LogP contribution in [0, 0.1) is 12.7 Å². The molecular weight excluding hydrogens is 261 g/mol. The molecule has 0 saturated carbocycles. The van der Waals surface area contributed by atoms with E-state index in [2.05, 4.69) is 5.32 Å². The Morgan fingerprint density at radius 1 is 1.39 bits per heavy atom. The minimum atomic E-state index is -1.46. The van der Waals surface area contributed by atoms with Crippen molar-refractivity contribution < 1.29 is 19.1 Å². The summed E-state index contributed by atoms with van der Waals surface area (Å²) in [6.07, 6.45) is 0. The van der Waals surface area contributed by atoms with Crippen molar-refractivity contribution in [1.29, 1.82) is 0 Å². The Kier molecular flexibility index (Phi) is 3.96. The maximum Gasteiger partial charge on any atom is 0.328 e. The van der Waals surface area contributed by atoms with E-state index in [1.807, 2.05) is 0 Å². The molecule has 1 amide bonds. The summed E-state index contributed by atoms with van der Waals surface area (Å²) in [6.45, 7) is 4.17. The van der Waals surface area contributed by atoms with E-state index < -0.39 is 23.2 Å². The Labute approximate surface area is 109 Å². The van der Waals surface area contributed by atoms with Gasteiger partial charge in [-0.3, -0.25) is 4.79 Å². The topological polar surface area (TPSA) is 66.4 Å². The third kappa shape index (κ3) is 2.98. The van der Waals surface area contributed by atoms with Gasteiger partial charge in [-0.2, -0.15) is 0 Å². The highest BCUT2D eigenvalue weighted by atomic mass is 35.5. The zero-order valence-corrected chi connectivity index (χ0v) is 10.9. The smallest absolute Gasteiger partial charge is 0.328 e. The lowest BCUT2D eigenvalue weighted by molar-refractivity contribution is -0.143. The molecule has 0 atom stereocenters. The van der Waals surface area contributed by atoms with E-state index in [1.54, 1.807) is 0 Å². The molecule has 0 heterocycles. The molecule has 0 bridgehead atoms. The molecule has 0 aliphatic heterocycles. The Morgan fingerprint density at radius 2 is 1.94 bits per heavy atom. The van der Waals surface area contributed by atoms with Gasteiger partial charge in [-0.1, -0.05) is 11.6 Å². The van der Waals surface area contributed by atoms with Crippen molar-refractivity contribution in [3.05, 3.63) is 34.1 Å². The van der Waals surface area contributed by atoms with Crippen LogP contribution in [-0.4, -0.2) is 22.5 Å². The van der Waals surface area contributed by atoms with E-state index in [-0.39, 0.29) is 10.6 Å². The van der Waals surface area contributed by atoms with E-state index in [0.29, 0.717) is 5.56 Å². The molecule has 0 aromatic heterocycles. The summed E-state index contributed by atoms with van der Waals surface area (Å²) in [4.78, 5) is 22.7. The van der Waals surface area contributed by atoms with Crippen LogP contribution >= 0.6 is 11.6 Å². The Morgan fingerprint density at radius 3 is 2.44 bits per heavy atom. The summed E-state index contributed by atoms with van der Waals surface area (Å²) in [5.74, 6) is -2.50. The van der Waals surface area contributed by atoms with Crippen LogP contribution in [0.25, 0.3) is 0 Å². The normalized spacial score (nSPS) is 11.2. The van der Waals surface area contributed by atoms with Crippen LogP contribution in [-0.2, 0) is 4.79 Å². The third-order valence-corrected chi connectivity index (χ3v) is 2.77. The molecule has 0 aliphatic rings. The van der Waals surface area contributed by atoms with Crippen molar-refractivity contribution in [2.24, 2.45) is 0 Å². The van der Waals surface area contributed by atoms with Crippen molar-refractivity contribution in [2.45, 2.75) is 26.3 Å². The van der Waals surface area contributed by atoms with Gasteiger partial charge >= 0.3 is 5.97 Å². The zero-order chi connectivity index (χ0) is 14.1. The molecule has 0 saturated heterocycles. The standard InChI is InChI=1S/C12H13ClFNO3/c1-6-4-8(13)7(5-9(6)14)10(16)15-12(2,3)11(17)18/h4-5H,1-3H3,(H,15,16)(H,17,18). The number of carbonyl (C=O) groups is 2. The van der Waals surface area contributed by atoms with E-state index in [4.69, 9.17) is 16.7 Å². The second-order valence-electron chi connectivity index (χ2n) is 4.47. The molecule has 1 aromatic carbocycles. The predicted molar refractivity (Wildman–Crippen MR) is 65.3 cm³/mol. The molecule has 0 radical (unpaired) electrons. The minimum absolute atomic E-state index is 0.0765. The summed E-state index contributed by atoms with van der Waals surface area (Å²) >= 11 is 5.83. The van der Waals surface area contributed by atoms with Crippen LogP contribution in [0.5, 0.6) is 0 Å². The summed E-state index contributed by atoms with van der Waals surface area (Å²) in [5, 5.41) is 11.2. The SMILES string of the molecule is Cc1cc(Cl)c(C(=O)NC(C)(C)C(=O)O)cc1F. The summed E-state index contributed by atoms with van der Waals surface area (Å²) in [7, 11) is 0. The molecule has 0 fully saturated rings. The van der Waals surface area contributed by atoms with Gasteiger partial charge in [-0.15, -0.1) is 0 Å². The lowest BCUT2D eigenvalue weighted by atomic mass is 10.0. The fourth-order valence-corrected chi connectivity index (χ4v) is 1.53. The van der Waals surface area contributed by atoms with Crippen molar-refractivity contribution in [1.82, 2.24) is 5.32 Å². The fourth-order valence-electron chi connectivity index (χ4n) is 1.22. The number of nitrogens with one attached hydrogen (secondary N) is 1. The molecule has 0 aliphatic carbocycles. The van der Waals surface area contributed by atoms with Gasteiger partial charge in [0.05, 0.1) is 10.6 Å². The van der Waals surface area contributed by atoms with E-state index in [1.165, 1.54) is 26.8 Å². The average Bonchev–Trinajstić information content (AvgIpc) is 2.22. The Balaban J connectivity index is 3.06. The van der Waals surface area contributed by atoms with Crippen LogP contribution in [0.1, 0.15) is 29.8 Å². The number of carboxylic acid groups (broad SMARTS) is 1. The van der Waals surface area contributed by atoms with Crippen LogP contribution in [0.15, 0.2) is 12.1 Å². The number of aliphatic carboxylic acids is 1. The van der Waals surface area contributed by atoms with Crippen molar-refractivity contribution in [3.8, 4) is 0 Å². The Bertz CT molecular complexity index is 514. The van der Waals surface area contributed by atoms with Gasteiger partial charge in [-0.05, 0) is 38.5 Å². The fraction of sp³-hybridized carbons (Fsp3) is 0.333. The number of carboxylic acids is 1. The van der Waals surface area contributed by atoms with Gasteiger partial charge in [0, 0.05) is 0 Å². The zero-order valence-electron chi connectivity index (χ0n) is 10.2. The van der Waals surface area contributed by atoms with Crippen LogP contribution in [0.2, 0.25) is 5.02 Å². The van der Waals surface area contributed by atoms with Crippen LogP contribution < -0.4 is 5.32 Å². The monoisotopic (exact) mass is 273 g/mol. The van der Waals surface area contributed by atoms with Crippen LogP contribution in [0.3, 0.4) is 0 Å². The maximum atomic E-state index is 13.4. The van der Waals surface area contributed by atoms with Crippen molar-refractivity contribution >= 4 is 23.5 Å². The second kappa shape index (κ2) is 4.94. The molecule has 0 spiro atoms. The first-order chi connectivity index (χ1) is 8.15. The Hall–Kier alpha value is -1.62. The molecule has 4 nitrogen and oxygen atoms in total. The molecule has 0 unspecified atom stereocenters. The molecule has 6 heteroatoms. The third-order valence-electron chi connectivity index (χ3n) is 2.45. The summed E-state index contributed by atoms with van der Waals surface area (Å²) in [5.41, 5.74) is -1.23. The second-order valence-corrected chi connectivity index (χ2v) is 4.87. The largest absolute Gasteiger partial charge is 0.480 e. The van der Waals surface area contributed by atoms with Crippen molar-refractivity contribution in [3.63, 3.8) is 0 Å². The maximum absolute atomic E-state index is 13.4. The highest BCUT2D eigenvalue weighted by molar-refractivity contribution is 6.34. The average molecular weight is 274 g/mol. The van der Waals surface area contributed by atoms with E-state index >= 15 is 0 Å². The van der Waals surface area contributed by atoms with Gasteiger partial charge in [0.15, 0.2) is 0 Å². The van der Waals surface area contributed by atoms with E-state index in [9.17, 15) is 14.0 Å². The minimum Gasteiger partial charge on any atom is -0.480 e. The summed E-state index contributed by atoms with van der Waals surface area (Å²) in [6, 6.07) is 2.31. The quantitative estimate of drug-likeness (QED) is 0.888. The predicted octanol–water partition coefficient (Wildman–Crippen LogP) is 2.38. The molecule has 98 valence electrons. The van der Waals surface area contributed by atoms with Crippen molar-refractivity contribution in [2.75, 3.05) is 0 Å². The number of hydrogen-bond donors (Lipinski definition) is 2. The first kappa shape index (κ1) is 14.4. The van der Waals surface area contributed by atoms with Gasteiger partial charge in [0.2, 0.25) is 0 Å². The molecule has 2 N–H and O–H groups in total. The number of carbonyl (C=O) groups excluding carboxylic acids is 1. The molecule has 1 aromatic rings. The van der Waals surface area contributed by atoms with Gasteiger partial charge in [0.1, 0.15) is 11.4 Å². The lowest BCUT2D eigenvalue weighted by Crippen LogP contribution is -2.49. The first-order valence-electron chi connectivity index (χ1n) is 5.16. The van der Waals surface area contributed by atoms with Gasteiger partial charge < -0.3 is 10.4 Å². The molecule has 18 heavy (non-hydrogen) atoms. The summed E-state index contributed by atoms with van der Waals surface area (Å²) < 4.78 is 13.4. The number of amides is 1. The molecular formula is C12H13ClFNO3.